The number of aromatic nitrogens is 1. The lowest BCUT2D eigenvalue weighted by Crippen LogP contribution is -2.45. The Morgan fingerprint density at radius 1 is 1.23 bits per heavy atom. The lowest BCUT2D eigenvalue weighted by Gasteiger charge is -2.36. The molecule has 0 radical (unpaired) electrons. The highest BCUT2D eigenvalue weighted by atomic mass is 19.2. The van der Waals surface area contributed by atoms with Crippen molar-refractivity contribution in [3.05, 3.63) is 58.9 Å². The van der Waals surface area contributed by atoms with Gasteiger partial charge in [0.05, 0.1) is 6.61 Å². The molecule has 0 saturated carbocycles. The number of aliphatic hydroxyl groups excluding tert-OH is 2. The third-order valence-electron chi connectivity index (χ3n) is 5.14. The molecule has 1 aliphatic heterocycles. The minimum absolute atomic E-state index is 0.0322. The summed E-state index contributed by atoms with van der Waals surface area (Å²) >= 11 is 0. The first-order valence-electron chi connectivity index (χ1n) is 9.31. The number of benzene rings is 1. The Morgan fingerprint density at radius 2 is 1.93 bits per heavy atom. The van der Waals surface area contributed by atoms with Crippen molar-refractivity contribution < 1.29 is 32.6 Å². The van der Waals surface area contributed by atoms with E-state index in [9.17, 15) is 23.1 Å². The fourth-order valence-electron chi connectivity index (χ4n) is 3.31. The average Bonchev–Trinajstić information content (AvgIpc) is 2.73. The maximum absolute atomic E-state index is 15.3. The van der Waals surface area contributed by atoms with Gasteiger partial charge < -0.3 is 20.4 Å². The number of likely N-dealkylation sites (tertiary alicyclic amines) is 1. The second kappa shape index (κ2) is 8.97. The van der Waals surface area contributed by atoms with Crippen LogP contribution in [0.1, 0.15) is 35.8 Å². The van der Waals surface area contributed by atoms with Gasteiger partial charge in [-0.3, -0.25) is 4.98 Å². The third-order valence-corrected chi connectivity index (χ3v) is 5.14. The van der Waals surface area contributed by atoms with E-state index in [0.717, 1.165) is 18.3 Å². The number of halogens is 4. The molecule has 0 aliphatic carbocycles. The number of rotatable bonds is 5. The smallest absolute Gasteiger partial charge is 0.321 e. The quantitative estimate of drug-likeness (QED) is 0.639. The molecule has 1 fully saturated rings. The highest BCUT2D eigenvalue weighted by molar-refractivity contribution is 5.89. The molecule has 1 aromatic heterocycles. The highest BCUT2D eigenvalue weighted by Crippen LogP contribution is 2.37. The summed E-state index contributed by atoms with van der Waals surface area (Å²) in [5.41, 5.74) is -2.47. The molecular formula is C20H21F4N3O3. The predicted octanol–water partition coefficient (Wildman–Crippen LogP) is 3.35. The van der Waals surface area contributed by atoms with Crippen LogP contribution in [-0.4, -0.2) is 45.8 Å². The second-order valence-electron chi connectivity index (χ2n) is 7.12. The molecule has 2 heterocycles. The van der Waals surface area contributed by atoms with Gasteiger partial charge in [-0.1, -0.05) is 6.07 Å². The van der Waals surface area contributed by atoms with Crippen molar-refractivity contribution >= 4 is 11.7 Å². The van der Waals surface area contributed by atoms with E-state index in [1.54, 1.807) is 0 Å². The topological polar surface area (TPSA) is 85.7 Å². The van der Waals surface area contributed by atoms with Crippen molar-refractivity contribution in [1.29, 1.82) is 0 Å². The summed E-state index contributed by atoms with van der Waals surface area (Å²) in [4.78, 5) is 17.5. The van der Waals surface area contributed by atoms with E-state index in [-0.39, 0.29) is 42.7 Å². The number of hydrogen-bond donors (Lipinski definition) is 3. The molecule has 0 unspecified atom stereocenters. The number of hydrogen-bond acceptors (Lipinski definition) is 4. The van der Waals surface area contributed by atoms with Crippen molar-refractivity contribution in [1.82, 2.24) is 9.88 Å². The maximum Gasteiger partial charge on any atom is 0.321 e. The number of alkyl halides is 2. The van der Waals surface area contributed by atoms with E-state index in [4.69, 9.17) is 5.11 Å². The Labute approximate surface area is 170 Å². The number of urea groups is 1. The van der Waals surface area contributed by atoms with E-state index in [1.165, 1.54) is 17.0 Å². The molecule has 1 aliphatic rings. The van der Waals surface area contributed by atoms with Crippen molar-refractivity contribution in [3.63, 3.8) is 0 Å². The number of aliphatic hydroxyl groups is 2. The molecule has 10 heteroatoms. The molecule has 1 aromatic carbocycles. The Morgan fingerprint density at radius 3 is 2.50 bits per heavy atom. The summed E-state index contributed by atoms with van der Waals surface area (Å²) < 4.78 is 55.9. The Hall–Kier alpha value is -2.72. The second-order valence-corrected chi connectivity index (χ2v) is 7.12. The number of amides is 2. The number of piperidine rings is 1. The average molecular weight is 427 g/mol. The summed E-state index contributed by atoms with van der Waals surface area (Å²) in [5.74, 6) is -1.73. The van der Waals surface area contributed by atoms with Gasteiger partial charge in [0.1, 0.15) is 30.1 Å². The number of pyridine rings is 1. The number of carbonyl (C=O) groups is 1. The first-order valence-corrected chi connectivity index (χ1v) is 9.31. The zero-order valence-corrected chi connectivity index (χ0v) is 15.9. The molecule has 1 atom stereocenters. The van der Waals surface area contributed by atoms with E-state index >= 15 is 4.39 Å². The molecule has 3 N–H and O–H groups in total. The Balaban J connectivity index is 1.65. The van der Waals surface area contributed by atoms with Gasteiger partial charge in [-0.05, 0) is 18.2 Å². The molecule has 2 aromatic rings. The minimum Gasteiger partial charge on any atom is -0.393 e. The maximum atomic E-state index is 15.3. The van der Waals surface area contributed by atoms with Gasteiger partial charge in [0.2, 0.25) is 0 Å². The monoisotopic (exact) mass is 427 g/mol. The van der Waals surface area contributed by atoms with Crippen LogP contribution in [0.15, 0.2) is 30.5 Å². The summed E-state index contributed by atoms with van der Waals surface area (Å²) in [5, 5.41) is 20.9. The van der Waals surface area contributed by atoms with E-state index in [2.05, 4.69) is 10.3 Å². The molecule has 3 rings (SSSR count). The van der Waals surface area contributed by atoms with Crippen LogP contribution in [0.25, 0.3) is 0 Å². The van der Waals surface area contributed by atoms with Gasteiger partial charge in [0.15, 0.2) is 5.67 Å². The molecule has 0 bridgehead atoms. The number of anilines is 1. The van der Waals surface area contributed by atoms with Crippen LogP contribution >= 0.6 is 0 Å². The zero-order chi connectivity index (χ0) is 21.9. The van der Waals surface area contributed by atoms with E-state index < -0.39 is 48.4 Å². The molecule has 6 nitrogen and oxygen atoms in total. The standard InChI is InChI=1S/C20H21F4N3O3/c21-9-12-1-2-14(8-15(12)22)26-19(30)27-5-3-20(24,4-6-27)18-16(23)7-13(10-25-18)17(29)11-28/h1-2,7-8,10,17,28-29H,3-6,9,11H2,(H,26,30)/t17-/m1/s1. The highest BCUT2D eigenvalue weighted by Gasteiger charge is 2.41. The van der Waals surface area contributed by atoms with Crippen LogP contribution in [0.5, 0.6) is 0 Å². The van der Waals surface area contributed by atoms with Gasteiger partial charge in [-0.2, -0.15) is 0 Å². The van der Waals surface area contributed by atoms with Crippen molar-refractivity contribution in [3.8, 4) is 0 Å². The lowest BCUT2D eigenvalue weighted by molar-refractivity contribution is 0.0639. The van der Waals surface area contributed by atoms with Crippen LogP contribution in [0.2, 0.25) is 0 Å². The van der Waals surface area contributed by atoms with Gasteiger partial charge >= 0.3 is 6.03 Å². The summed E-state index contributed by atoms with van der Waals surface area (Å²) in [6.07, 6.45) is -0.621. The molecule has 30 heavy (non-hydrogen) atoms. The largest absolute Gasteiger partial charge is 0.393 e. The van der Waals surface area contributed by atoms with Crippen LogP contribution < -0.4 is 5.32 Å². The SMILES string of the molecule is O=C(Nc1ccc(CF)c(F)c1)N1CCC(F)(c2ncc([C@H](O)CO)cc2F)CC1. The summed E-state index contributed by atoms with van der Waals surface area (Å²) in [7, 11) is 0. The number of carbonyl (C=O) groups excluding carboxylic acids is 1. The molecule has 1 saturated heterocycles. The van der Waals surface area contributed by atoms with Crippen LogP contribution in [0, 0.1) is 11.6 Å². The van der Waals surface area contributed by atoms with Gasteiger partial charge in [0, 0.05) is 48.9 Å². The van der Waals surface area contributed by atoms with E-state index in [1.807, 2.05) is 0 Å². The van der Waals surface area contributed by atoms with Gasteiger partial charge in [-0.15, -0.1) is 0 Å². The fraction of sp³-hybridized carbons (Fsp3) is 0.400. The van der Waals surface area contributed by atoms with Crippen LogP contribution in [-0.2, 0) is 12.3 Å². The number of nitrogens with zero attached hydrogens (tertiary/aromatic N) is 2. The van der Waals surface area contributed by atoms with Gasteiger partial charge in [0.25, 0.3) is 0 Å². The molecular weight excluding hydrogens is 406 g/mol. The summed E-state index contributed by atoms with van der Waals surface area (Å²) in [6, 6.07) is 3.93. The normalized spacial score (nSPS) is 16.9. The Kier molecular flexibility index (Phi) is 6.57. The van der Waals surface area contributed by atoms with Crippen molar-refractivity contribution in [2.24, 2.45) is 0 Å². The van der Waals surface area contributed by atoms with Crippen molar-refractivity contribution in [2.75, 3.05) is 25.0 Å². The minimum atomic E-state index is -2.10. The molecule has 162 valence electrons. The van der Waals surface area contributed by atoms with Crippen molar-refractivity contribution in [2.45, 2.75) is 31.3 Å². The fourth-order valence-corrected chi connectivity index (χ4v) is 3.31. The Bertz CT molecular complexity index is 920. The zero-order valence-electron chi connectivity index (χ0n) is 15.9. The third kappa shape index (κ3) is 4.54. The first-order chi connectivity index (χ1) is 14.3. The lowest BCUT2D eigenvalue weighted by atomic mass is 9.89. The van der Waals surface area contributed by atoms with Gasteiger partial charge in [-0.25, -0.2) is 22.4 Å². The first kappa shape index (κ1) is 22.0. The van der Waals surface area contributed by atoms with E-state index in [0.29, 0.717) is 0 Å². The predicted molar refractivity (Wildman–Crippen MR) is 100 cm³/mol. The van der Waals surface area contributed by atoms with Crippen LogP contribution in [0.3, 0.4) is 0 Å². The van der Waals surface area contributed by atoms with Crippen LogP contribution in [0.4, 0.5) is 28.0 Å². The molecule has 2 amide bonds. The molecule has 0 spiro atoms. The number of nitrogens with one attached hydrogen (secondary N) is 1. The summed E-state index contributed by atoms with van der Waals surface area (Å²) in [6.45, 7) is -1.65.